The van der Waals surface area contributed by atoms with Gasteiger partial charge in [0.25, 0.3) is 5.91 Å². The number of amides is 2. The van der Waals surface area contributed by atoms with Gasteiger partial charge in [-0.25, -0.2) is 9.50 Å². The molecule has 2 aromatic carbocycles. The molecule has 13 heteroatoms. The molecule has 0 spiro atoms. The summed E-state index contributed by atoms with van der Waals surface area (Å²) >= 11 is 6.44. The average Bonchev–Trinajstić information content (AvgIpc) is 3.33. The van der Waals surface area contributed by atoms with Crippen molar-refractivity contribution in [2.45, 2.75) is 24.6 Å². The second kappa shape index (κ2) is 10.8. The molecule has 1 fully saturated rings. The first-order chi connectivity index (χ1) is 18.1. The minimum absolute atomic E-state index is 0. The van der Waals surface area contributed by atoms with Crippen LogP contribution in [-0.4, -0.2) is 45.0 Å². The number of nitrogens with two attached hydrogens (primary N) is 1. The molecule has 5 rings (SSSR count). The third-order valence-corrected chi connectivity index (χ3v) is 7.03. The first-order valence-electron chi connectivity index (χ1n) is 11.7. The largest absolute Gasteiger partial charge is 0.416 e. The number of nitrogens with zero attached hydrogens (tertiary/aromatic N) is 3. The van der Waals surface area contributed by atoms with Gasteiger partial charge in [-0.05, 0) is 44.1 Å². The summed E-state index contributed by atoms with van der Waals surface area (Å²) in [4.78, 5) is 30.1. The first kappa shape index (κ1) is 28.3. The van der Waals surface area contributed by atoms with E-state index >= 15 is 0 Å². The summed E-state index contributed by atoms with van der Waals surface area (Å²) in [5.41, 5.74) is 5.76. The fourth-order valence-electron chi connectivity index (χ4n) is 4.63. The number of rotatable bonds is 5. The van der Waals surface area contributed by atoms with Gasteiger partial charge in [-0.15, -0.1) is 12.4 Å². The number of hydrogen-bond acceptors (Lipinski definition) is 5. The average molecular weight is 579 g/mol. The molecule has 204 valence electrons. The third kappa shape index (κ3) is 5.29. The molecule has 4 N–H and O–H groups in total. The van der Waals surface area contributed by atoms with Gasteiger partial charge >= 0.3 is 6.18 Å². The number of benzene rings is 2. The van der Waals surface area contributed by atoms with Crippen LogP contribution in [0, 0.1) is 0 Å². The standard InChI is InChI=1S/C26H22ClF3N6O2.ClH/c27-20-4-2-1-3-17(20)18-13-33-22-19(23(37)35-25(24(31)38)9-11-32-12-10-25)14-34-36(22)21(18)15-5-7-16(8-6-15)26(28,29)30;/h1-8,13-14,32H,9-12H2,(H2,31,38)(H,35,37);1H. The fourth-order valence-corrected chi connectivity index (χ4v) is 4.87. The van der Waals surface area contributed by atoms with E-state index in [1.165, 1.54) is 29.0 Å². The van der Waals surface area contributed by atoms with E-state index in [0.29, 0.717) is 53.3 Å². The zero-order chi connectivity index (χ0) is 27.1. The van der Waals surface area contributed by atoms with E-state index in [9.17, 15) is 22.8 Å². The van der Waals surface area contributed by atoms with Crippen molar-refractivity contribution in [3.63, 3.8) is 0 Å². The Kier molecular flexibility index (Phi) is 7.87. The molecule has 2 aromatic heterocycles. The second-order valence-corrected chi connectivity index (χ2v) is 9.43. The van der Waals surface area contributed by atoms with Crippen molar-refractivity contribution in [2.75, 3.05) is 13.1 Å². The Balaban J connectivity index is 0.00000353. The Morgan fingerprint density at radius 2 is 1.69 bits per heavy atom. The van der Waals surface area contributed by atoms with Crippen molar-refractivity contribution in [3.05, 3.63) is 77.1 Å². The maximum absolute atomic E-state index is 13.3. The fraction of sp³-hybridized carbons (Fsp3) is 0.231. The van der Waals surface area contributed by atoms with Crippen LogP contribution in [0.3, 0.4) is 0 Å². The van der Waals surface area contributed by atoms with E-state index in [4.69, 9.17) is 17.3 Å². The molecule has 0 radical (unpaired) electrons. The minimum atomic E-state index is -4.50. The van der Waals surface area contributed by atoms with Crippen LogP contribution in [0.4, 0.5) is 13.2 Å². The van der Waals surface area contributed by atoms with E-state index < -0.39 is 29.1 Å². The third-order valence-electron chi connectivity index (χ3n) is 6.70. The lowest BCUT2D eigenvalue weighted by molar-refractivity contribution is -0.137. The number of carbonyl (C=O) groups is 2. The van der Waals surface area contributed by atoms with Crippen molar-refractivity contribution < 1.29 is 22.8 Å². The summed E-state index contributed by atoms with van der Waals surface area (Å²) in [6, 6.07) is 11.6. The number of primary amides is 1. The van der Waals surface area contributed by atoms with Crippen LogP contribution in [0.25, 0.3) is 28.0 Å². The molecule has 2 amide bonds. The maximum atomic E-state index is 13.3. The summed E-state index contributed by atoms with van der Waals surface area (Å²) in [7, 11) is 0. The molecule has 1 aliphatic rings. The zero-order valence-electron chi connectivity index (χ0n) is 20.3. The van der Waals surface area contributed by atoms with Crippen LogP contribution < -0.4 is 16.4 Å². The number of nitrogens with one attached hydrogen (secondary N) is 2. The predicted octanol–water partition coefficient (Wildman–Crippen LogP) is 4.49. The van der Waals surface area contributed by atoms with E-state index in [2.05, 4.69) is 20.7 Å². The van der Waals surface area contributed by atoms with Crippen LogP contribution in [0.15, 0.2) is 60.9 Å². The number of carbonyl (C=O) groups excluding carboxylic acids is 2. The van der Waals surface area contributed by atoms with Crippen molar-refractivity contribution in [1.29, 1.82) is 0 Å². The number of aromatic nitrogens is 3. The summed E-state index contributed by atoms with van der Waals surface area (Å²) in [6.45, 7) is 1.02. The molecular weight excluding hydrogens is 556 g/mol. The highest BCUT2D eigenvalue weighted by Gasteiger charge is 2.40. The minimum Gasteiger partial charge on any atom is -0.368 e. The lowest BCUT2D eigenvalue weighted by Crippen LogP contribution is -2.61. The van der Waals surface area contributed by atoms with Crippen LogP contribution in [0.1, 0.15) is 28.8 Å². The van der Waals surface area contributed by atoms with Gasteiger partial charge in [-0.2, -0.15) is 18.3 Å². The molecular formula is C26H23Cl2F3N6O2. The topological polar surface area (TPSA) is 114 Å². The Bertz CT molecular complexity index is 1530. The van der Waals surface area contributed by atoms with E-state index in [-0.39, 0.29) is 23.6 Å². The van der Waals surface area contributed by atoms with Gasteiger partial charge in [0.2, 0.25) is 5.91 Å². The van der Waals surface area contributed by atoms with Crippen LogP contribution >= 0.6 is 24.0 Å². The second-order valence-electron chi connectivity index (χ2n) is 9.02. The molecule has 0 atom stereocenters. The molecule has 8 nitrogen and oxygen atoms in total. The molecule has 4 aromatic rings. The SMILES string of the molecule is Cl.NC(=O)C1(NC(=O)c2cnn3c(-c4ccc(C(F)(F)F)cc4)c(-c4ccccc4Cl)cnc23)CCNCC1. The number of hydrogen-bond donors (Lipinski definition) is 3. The molecule has 0 unspecified atom stereocenters. The van der Waals surface area contributed by atoms with Gasteiger partial charge in [0.1, 0.15) is 11.1 Å². The highest BCUT2D eigenvalue weighted by Crippen LogP contribution is 2.37. The molecule has 1 saturated heterocycles. The normalized spacial score (nSPS) is 15.0. The van der Waals surface area contributed by atoms with Gasteiger partial charge in [0.05, 0.1) is 17.5 Å². The van der Waals surface area contributed by atoms with Gasteiger partial charge in [-0.3, -0.25) is 9.59 Å². The Labute approximate surface area is 232 Å². The number of halogens is 5. The Hall–Kier alpha value is -3.67. The summed E-state index contributed by atoms with van der Waals surface area (Å²) in [6.07, 6.45) is -1.05. The van der Waals surface area contributed by atoms with Gasteiger partial charge in [0, 0.05) is 27.9 Å². The van der Waals surface area contributed by atoms with E-state index in [1.807, 2.05) is 0 Å². The monoisotopic (exact) mass is 578 g/mol. The molecule has 0 bridgehead atoms. The highest BCUT2D eigenvalue weighted by atomic mass is 35.5. The van der Waals surface area contributed by atoms with Crippen molar-refractivity contribution in [3.8, 4) is 22.4 Å². The number of fused-ring (bicyclic) bond motifs is 1. The summed E-state index contributed by atoms with van der Waals surface area (Å²) in [5.74, 6) is -1.22. The number of piperidine rings is 1. The van der Waals surface area contributed by atoms with Gasteiger partial charge in [-0.1, -0.05) is 41.9 Å². The molecule has 0 saturated carbocycles. The lowest BCUT2D eigenvalue weighted by Gasteiger charge is -2.35. The van der Waals surface area contributed by atoms with Crippen molar-refractivity contribution in [2.24, 2.45) is 5.73 Å². The smallest absolute Gasteiger partial charge is 0.368 e. The molecule has 0 aliphatic carbocycles. The lowest BCUT2D eigenvalue weighted by atomic mass is 9.87. The van der Waals surface area contributed by atoms with Crippen molar-refractivity contribution in [1.82, 2.24) is 25.2 Å². The molecule has 39 heavy (non-hydrogen) atoms. The summed E-state index contributed by atoms with van der Waals surface area (Å²) in [5, 5.41) is 10.7. The van der Waals surface area contributed by atoms with Gasteiger partial charge < -0.3 is 16.4 Å². The van der Waals surface area contributed by atoms with Gasteiger partial charge in [0.15, 0.2) is 5.65 Å². The molecule has 3 heterocycles. The quantitative estimate of drug-likeness (QED) is 0.323. The number of alkyl halides is 3. The predicted molar refractivity (Wildman–Crippen MR) is 143 cm³/mol. The first-order valence-corrected chi connectivity index (χ1v) is 12.1. The van der Waals surface area contributed by atoms with E-state index in [1.54, 1.807) is 24.3 Å². The van der Waals surface area contributed by atoms with E-state index in [0.717, 1.165) is 12.1 Å². The van der Waals surface area contributed by atoms with Crippen LogP contribution in [0.2, 0.25) is 5.02 Å². The Morgan fingerprint density at radius 3 is 2.31 bits per heavy atom. The van der Waals surface area contributed by atoms with Crippen LogP contribution in [-0.2, 0) is 11.0 Å². The molecule has 1 aliphatic heterocycles. The van der Waals surface area contributed by atoms with Crippen molar-refractivity contribution >= 4 is 41.5 Å². The summed E-state index contributed by atoms with van der Waals surface area (Å²) < 4.78 is 41.0. The Morgan fingerprint density at radius 1 is 1.03 bits per heavy atom. The van der Waals surface area contributed by atoms with Crippen LogP contribution in [0.5, 0.6) is 0 Å². The highest BCUT2D eigenvalue weighted by molar-refractivity contribution is 6.33. The zero-order valence-corrected chi connectivity index (χ0v) is 21.8. The maximum Gasteiger partial charge on any atom is 0.416 e.